The van der Waals surface area contributed by atoms with E-state index in [1.807, 2.05) is 45.0 Å². The summed E-state index contributed by atoms with van der Waals surface area (Å²) >= 11 is 0. The summed E-state index contributed by atoms with van der Waals surface area (Å²) < 4.78 is 29.4. The lowest BCUT2D eigenvalue weighted by Gasteiger charge is -2.14. The maximum absolute atomic E-state index is 11.7. The van der Waals surface area contributed by atoms with Gasteiger partial charge in [-0.3, -0.25) is 0 Å². The first-order chi connectivity index (χ1) is 13.7. The summed E-state index contributed by atoms with van der Waals surface area (Å²) in [5.41, 5.74) is 3.94. The molecular weight excluding hydrogens is 386 g/mol. The number of aryl methyl sites for hydroxylation is 3. The maximum Gasteiger partial charge on any atom is 0.191 e. The molecule has 29 heavy (non-hydrogen) atoms. The highest BCUT2D eigenvalue weighted by atomic mass is 32.2. The minimum Gasteiger partial charge on any atom is -0.491 e. The molecule has 0 fully saturated rings. The van der Waals surface area contributed by atoms with E-state index in [0.717, 1.165) is 34.5 Å². The smallest absolute Gasteiger partial charge is 0.191 e. The molecule has 0 spiro atoms. The number of aliphatic imine (C=N–C) groups is 1. The van der Waals surface area contributed by atoms with Gasteiger partial charge in [-0.1, -0.05) is 30.3 Å². The van der Waals surface area contributed by atoms with Crippen LogP contribution in [0.25, 0.3) is 0 Å². The van der Waals surface area contributed by atoms with E-state index in [0.29, 0.717) is 30.6 Å². The maximum atomic E-state index is 11.7. The molecule has 2 rings (SSSR count). The Bertz CT molecular complexity index is 949. The third-order valence-electron chi connectivity index (χ3n) is 4.45. The number of hydrogen-bond acceptors (Lipinski definition) is 4. The third-order valence-corrected chi connectivity index (χ3v) is 5.71. The molecule has 2 N–H and O–H groups in total. The molecule has 0 unspecified atom stereocenters. The predicted molar refractivity (Wildman–Crippen MR) is 119 cm³/mol. The van der Waals surface area contributed by atoms with Gasteiger partial charge in [0.25, 0.3) is 0 Å². The van der Waals surface area contributed by atoms with Gasteiger partial charge in [-0.15, -0.1) is 0 Å². The van der Waals surface area contributed by atoms with E-state index in [2.05, 4.69) is 15.6 Å². The Labute approximate surface area is 174 Å². The van der Waals surface area contributed by atoms with Crippen LogP contribution in [-0.4, -0.2) is 40.3 Å². The van der Waals surface area contributed by atoms with Gasteiger partial charge in [0.1, 0.15) is 12.4 Å². The molecule has 0 aromatic heterocycles. The SMILES string of the molecule is CCNC(=NCc1ccc(S(C)(=O)=O)c(C)c1)NCCOc1c(C)cccc1C. The molecule has 0 aliphatic rings. The zero-order valence-corrected chi connectivity index (χ0v) is 18.7. The largest absolute Gasteiger partial charge is 0.491 e. The topological polar surface area (TPSA) is 79.8 Å². The number of sulfone groups is 1. The average molecular weight is 418 g/mol. The Kier molecular flexibility index (Phi) is 8.08. The summed E-state index contributed by atoms with van der Waals surface area (Å²) in [6.45, 7) is 10.2. The fraction of sp³-hybridized carbons (Fsp3) is 0.409. The van der Waals surface area contributed by atoms with E-state index in [1.165, 1.54) is 6.26 Å². The first-order valence-corrected chi connectivity index (χ1v) is 11.6. The second-order valence-corrected chi connectivity index (χ2v) is 9.05. The highest BCUT2D eigenvalue weighted by Gasteiger charge is 2.10. The number of rotatable bonds is 8. The Balaban J connectivity index is 1.95. The average Bonchev–Trinajstić information content (AvgIpc) is 2.64. The van der Waals surface area contributed by atoms with Crippen molar-refractivity contribution in [3.8, 4) is 5.75 Å². The molecule has 2 aromatic carbocycles. The van der Waals surface area contributed by atoms with E-state index >= 15 is 0 Å². The zero-order valence-electron chi connectivity index (χ0n) is 17.9. The minimum absolute atomic E-state index is 0.360. The monoisotopic (exact) mass is 417 g/mol. The lowest BCUT2D eigenvalue weighted by molar-refractivity contribution is 0.317. The third kappa shape index (κ3) is 6.78. The van der Waals surface area contributed by atoms with Gasteiger partial charge in [0.2, 0.25) is 0 Å². The molecule has 0 radical (unpaired) electrons. The second-order valence-electron chi connectivity index (χ2n) is 7.06. The number of nitrogens with zero attached hydrogens (tertiary/aromatic N) is 1. The molecule has 0 aliphatic carbocycles. The van der Waals surface area contributed by atoms with Crippen LogP contribution >= 0.6 is 0 Å². The van der Waals surface area contributed by atoms with Gasteiger partial charge in [-0.2, -0.15) is 0 Å². The lowest BCUT2D eigenvalue weighted by Crippen LogP contribution is -2.39. The van der Waals surface area contributed by atoms with E-state index in [-0.39, 0.29) is 0 Å². The van der Waals surface area contributed by atoms with Crippen LogP contribution in [0.5, 0.6) is 5.75 Å². The molecule has 0 aliphatic heterocycles. The lowest BCUT2D eigenvalue weighted by atomic mass is 10.1. The highest BCUT2D eigenvalue weighted by Crippen LogP contribution is 2.22. The van der Waals surface area contributed by atoms with Crippen molar-refractivity contribution in [1.82, 2.24) is 10.6 Å². The van der Waals surface area contributed by atoms with Crippen LogP contribution in [0.4, 0.5) is 0 Å². The van der Waals surface area contributed by atoms with Crippen LogP contribution in [-0.2, 0) is 16.4 Å². The second kappa shape index (κ2) is 10.3. The van der Waals surface area contributed by atoms with E-state index in [1.54, 1.807) is 19.1 Å². The Morgan fingerprint density at radius 1 is 1.03 bits per heavy atom. The van der Waals surface area contributed by atoms with Gasteiger partial charge in [0, 0.05) is 12.8 Å². The molecule has 0 saturated heterocycles. The van der Waals surface area contributed by atoms with Crippen molar-refractivity contribution in [3.05, 3.63) is 58.7 Å². The van der Waals surface area contributed by atoms with Gasteiger partial charge in [-0.05, 0) is 56.0 Å². The molecule has 158 valence electrons. The van der Waals surface area contributed by atoms with Crippen molar-refractivity contribution in [2.75, 3.05) is 26.0 Å². The number of benzene rings is 2. The molecular formula is C22H31N3O3S. The zero-order chi connectivity index (χ0) is 21.4. The van der Waals surface area contributed by atoms with Crippen molar-refractivity contribution in [2.24, 2.45) is 4.99 Å². The number of hydrogen-bond donors (Lipinski definition) is 2. The summed E-state index contributed by atoms with van der Waals surface area (Å²) in [5.74, 6) is 1.63. The molecule has 0 heterocycles. The first kappa shape index (κ1) is 22.7. The fourth-order valence-electron chi connectivity index (χ4n) is 3.09. The Morgan fingerprint density at radius 3 is 2.31 bits per heavy atom. The van der Waals surface area contributed by atoms with Crippen LogP contribution in [0.3, 0.4) is 0 Å². The standard InChI is InChI=1S/C22H31N3O3S/c1-6-23-22(24-12-13-28-21-16(2)8-7-9-17(21)3)25-15-19-10-11-20(18(4)14-19)29(5,26)27/h7-11,14H,6,12-13,15H2,1-5H3,(H2,23,24,25). The fourth-order valence-corrected chi connectivity index (χ4v) is 4.05. The van der Waals surface area contributed by atoms with Gasteiger partial charge in [-0.25, -0.2) is 13.4 Å². The molecule has 0 atom stereocenters. The van der Waals surface area contributed by atoms with Crippen molar-refractivity contribution < 1.29 is 13.2 Å². The molecule has 2 aromatic rings. The molecule has 6 nitrogen and oxygen atoms in total. The van der Waals surface area contributed by atoms with Crippen molar-refractivity contribution in [1.29, 1.82) is 0 Å². The molecule has 0 bridgehead atoms. The molecule has 0 saturated carbocycles. The normalized spacial score (nSPS) is 12.0. The Morgan fingerprint density at radius 2 is 1.72 bits per heavy atom. The first-order valence-electron chi connectivity index (χ1n) is 9.73. The minimum atomic E-state index is -3.21. The number of ether oxygens (including phenoxy) is 1. The summed E-state index contributed by atoms with van der Waals surface area (Å²) in [6.07, 6.45) is 1.22. The summed E-state index contributed by atoms with van der Waals surface area (Å²) in [4.78, 5) is 4.95. The van der Waals surface area contributed by atoms with E-state index in [4.69, 9.17) is 4.74 Å². The Hall–Kier alpha value is -2.54. The van der Waals surface area contributed by atoms with Crippen LogP contribution in [0.15, 0.2) is 46.3 Å². The van der Waals surface area contributed by atoms with Gasteiger partial charge >= 0.3 is 0 Å². The van der Waals surface area contributed by atoms with Crippen LogP contribution in [0.1, 0.15) is 29.2 Å². The van der Waals surface area contributed by atoms with Crippen LogP contribution < -0.4 is 15.4 Å². The van der Waals surface area contributed by atoms with Gasteiger partial charge in [0.05, 0.1) is 18.0 Å². The van der Waals surface area contributed by atoms with Crippen LogP contribution in [0.2, 0.25) is 0 Å². The number of nitrogens with one attached hydrogen (secondary N) is 2. The number of guanidine groups is 1. The van der Waals surface area contributed by atoms with E-state index < -0.39 is 9.84 Å². The van der Waals surface area contributed by atoms with Crippen molar-refractivity contribution in [3.63, 3.8) is 0 Å². The number of para-hydroxylation sites is 1. The van der Waals surface area contributed by atoms with Gasteiger partial charge < -0.3 is 15.4 Å². The summed E-state index contributed by atoms with van der Waals surface area (Å²) in [7, 11) is -3.21. The molecule has 0 amide bonds. The van der Waals surface area contributed by atoms with Gasteiger partial charge in [0.15, 0.2) is 15.8 Å². The van der Waals surface area contributed by atoms with Crippen molar-refractivity contribution >= 4 is 15.8 Å². The molecule has 7 heteroatoms. The highest BCUT2D eigenvalue weighted by molar-refractivity contribution is 7.90. The van der Waals surface area contributed by atoms with Crippen molar-refractivity contribution in [2.45, 2.75) is 39.1 Å². The summed E-state index contributed by atoms with van der Waals surface area (Å²) in [5, 5.41) is 6.48. The van der Waals surface area contributed by atoms with Crippen LogP contribution in [0, 0.1) is 20.8 Å². The quantitative estimate of drug-likeness (QED) is 0.392. The predicted octanol–water partition coefficient (Wildman–Crippen LogP) is 3.15. The summed E-state index contributed by atoms with van der Waals surface area (Å²) in [6, 6.07) is 11.4. The van der Waals surface area contributed by atoms with E-state index in [9.17, 15) is 8.42 Å².